The molecule has 3 heteroatoms. The Labute approximate surface area is 79.4 Å². The van der Waals surface area contributed by atoms with Crippen LogP contribution in [-0.2, 0) is 4.74 Å². The maximum Gasteiger partial charge on any atom is 0.0622 e. The normalized spacial score (nSPS) is 44.8. The minimum absolute atomic E-state index is 0.737. The van der Waals surface area contributed by atoms with Crippen LogP contribution in [-0.4, -0.2) is 49.3 Å². The summed E-state index contributed by atoms with van der Waals surface area (Å²) < 4.78 is 5.56. The lowest BCUT2D eigenvalue weighted by atomic mass is 10.1. The molecule has 3 rings (SSSR count). The van der Waals surface area contributed by atoms with E-state index in [1.807, 2.05) is 0 Å². The van der Waals surface area contributed by atoms with Gasteiger partial charge in [-0.05, 0) is 25.8 Å². The van der Waals surface area contributed by atoms with E-state index in [-0.39, 0.29) is 0 Å². The summed E-state index contributed by atoms with van der Waals surface area (Å²) in [5.41, 5.74) is 0. The van der Waals surface area contributed by atoms with Crippen LogP contribution >= 0.6 is 0 Å². The molecule has 2 bridgehead atoms. The van der Waals surface area contributed by atoms with Crippen LogP contribution in [0.2, 0.25) is 0 Å². The minimum Gasteiger partial charge on any atom is -0.378 e. The molecule has 0 spiro atoms. The van der Waals surface area contributed by atoms with Gasteiger partial charge in [0.25, 0.3) is 0 Å². The molecule has 0 amide bonds. The van der Waals surface area contributed by atoms with Crippen LogP contribution in [0.1, 0.15) is 19.3 Å². The van der Waals surface area contributed by atoms with E-state index in [0.29, 0.717) is 0 Å². The summed E-state index contributed by atoms with van der Waals surface area (Å²) in [5.74, 6) is 0. The molecule has 3 atom stereocenters. The topological polar surface area (TPSA) is 24.5 Å². The van der Waals surface area contributed by atoms with Crippen molar-refractivity contribution >= 4 is 0 Å². The average Bonchev–Trinajstić information content (AvgIpc) is 2.33. The van der Waals surface area contributed by atoms with E-state index in [0.717, 1.165) is 31.3 Å². The first-order valence-electron chi connectivity index (χ1n) is 5.50. The number of hydrogen-bond acceptors (Lipinski definition) is 3. The number of morpholine rings is 1. The van der Waals surface area contributed by atoms with Gasteiger partial charge in [0.05, 0.1) is 13.2 Å². The van der Waals surface area contributed by atoms with Gasteiger partial charge >= 0.3 is 0 Å². The molecule has 0 aromatic carbocycles. The average molecular weight is 182 g/mol. The summed E-state index contributed by atoms with van der Waals surface area (Å²) >= 11 is 0. The number of nitrogens with one attached hydrogen (secondary N) is 1. The quantitative estimate of drug-likeness (QED) is 0.661. The molecule has 3 aliphatic heterocycles. The second kappa shape index (κ2) is 3.23. The SMILES string of the molecule is C1CC(CN2C3CCC2COC3)N1. The number of ether oxygens (including phenoxy) is 1. The Balaban J connectivity index is 1.62. The zero-order chi connectivity index (χ0) is 8.67. The highest BCUT2D eigenvalue weighted by molar-refractivity contribution is 4.94. The molecule has 13 heavy (non-hydrogen) atoms. The number of nitrogens with zero attached hydrogens (tertiary/aromatic N) is 1. The molecule has 0 radical (unpaired) electrons. The second-order valence-electron chi connectivity index (χ2n) is 4.56. The van der Waals surface area contributed by atoms with Gasteiger partial charge < -0.3 is 10.1 Å². The summed E-state index contributed by atoms with van der Waals surface area (Å²) in [6, 6.07) is 2.25. The third-order valence-electron chi connectivity index (χ3n) is 3.75. The van der Waals surface area contributed by atoms with Crippen molar-refractivity contribution in [3.8, 4) is 0 Å². The lowest BCUT2D eigenvalue weighted by molar-refractivity contribution is -0.0215. The van der Waals surface area contributed by atoms with Gasteiger partial charge in [0.1, 0.15) is 0 Å². The first-order valence-corrected chi connectivity index (χ1v) is 5.50. The van der Waals surface area contributed by atoms with E-state index in [2.05, 4.69) is 10.2 Å². The Hall–Kier alpha value is -0.120. The van der Waals surface area contributed by atoms with Crippen LogP contribution in [0.15, 0.2) is 0 Å². The smallest absolute Gasteiger partial charge is 0.0622 e. The predicted octanol–water partition coefficient (Wildman–Crippen LogP) is 0.211. The predicted molar refractivity (Wildman–Crippen MR) is 50.7 cm³/mol. The molecule has 3 unspecified atom stereocenters. The summed E-state index contributed by atoms with van der Waals surface area (Å²) in [5, 5.41) is 3.48. The van der Waals surface area contributed by atoms with Gasteiger partial charge in [-0.2, -0.15) is 0 Å². The highest BCUT2D eigenvalue weighted by Gasteiger charge is 2.38. The Bertz CT molecular complexity index is 177. The highest BCUT2D eigenvalue weighted by Crippen LogP contribution is 2.29. The van der Waals surface area contributed by atoms with Crippen LogP contribution in [0.5, 0.6) is 0 Å². The van der Waals surface area contributed by atoms with Crippen molar-refractivity contribution in [1.82, 2.24) is 10.2 Å². The fourth-order valence-corrected chi connectivity index (χ4v) is 2.77. The molecule has 1 N–H and O–H groups in total. The zero-order valence-electron chi connectivity index (χ0n) is 8.04. The van der Waals surface area contributed by atoms with Gasteiger partial charge in [0.15, 0.2) is 0 Å². The largest absolute Gasteiger partial charge is 0.378 e. The summed E-state index contributed by atoms with van der Waals surface area (Å²) in [7, 11) is 0. The maximum atomic E-state index is 5.56. The van der Waals surface area contributed by atoms with Gasteiger partial charge in [0.2, 0.25) is 0 Å². The van der Waals surface area contributed by atoms with Gasteiger partial charge in [0, 0.05) is 24.7 Å². The van der Waals surface area contributed by atoms with E-state index >= 15 is 0 Å². The van der Waals surface area contributed by atoms with Crippen molar-refractivity contribution in [3.05, 3.63) is 0 Å². The second-order valence-corrected chi connectivity index (χ2v) is 4.56. The Morgan fingerprint density at radius 1 is 1.15 bits per heavy atom. The van der Waals surface area contributed by atoms with E-state index in [9.17, 15) is 0 Å². The molecule has 3 nitrogen and oxygen atoms in total. The summed E-state index contributed by atoms with van der Waals surface area (Å²) in [4.78, 5) is 2.68. The molecular weight excluding hydrogens is 164 g/mol. The summed E-state index contributed by atoms with van der Waals surface area (Å²) in [6.45, 7) is 4.44. The first kappa shape index (κ1) is 8.21. The van der Waals surface area contributed by atoms with E-state index in [1.165, 1.54) is 32.4 Å². The molecule has 3 fully saturated rings. The van der Waals surface area contributed by atoms with Gasteiger partial charge in [-0.1, -0.05) is 0 Å². The zero-order valence-corrected chi connectivity index (χ0v) is 8.04. The minimum atomic E-state index is 0.737. The standard InChI is InChI=1S/C10H18N2O/c1-2-10-7-13-6-9(1)12(10)5-8-3-4-11-8/h8-11H,1-7H2. The molecule has 3 heterocycles. The van der Waals surface area contributed by atoms with Crippen LogP contribution < -0.4 is 5.32 Å². The molecule has 0 aliphatic carbocycles. The lowest BCUT2D eigenvalue weighted by Gasteiger charge is -2.39. The molecule has 0 aromatic heterocycles. The lowest BCUT2D eigenvalue weighted by Crippen LogP contribution is -2.55. The summed E-state index contributed by atoms with van der Waals surface area (Å²) in [6.07, 6.45) is 4.09. The van der Waals surface area contributed by atoms with Gasteiger partial charge in [-0.15, -0.1) is 0 Å². The highest BCUT2D eigenvalue weighted by atomic mass is 16.5. The third kappa shape index (κ3) is 1.39. The van der Waals surface area contributed by atoms with E-state index in [1.54, 1.807) is 0 Å². The van der Waals surface area contributed by atoms with Crippen LogP contribution in [0.3, 0.4) is 0 Å². The fraction of sp³-hybridized carbons (Fsp3) is 1.00. The number of fused-ring (bicyclic) bond motifs is 2. The first-order chi connectivity index (χ1) is 6.43. The van der Waals surface area contributed by atoms with Crippen molar-refractivity contribution in [2.45, 2.75) is 37.4 Å². The molecule has 0 aromatic rings. The van der Waals surface area contributed by atoms with Crippen molar-refractivity contribution in [1.29, 1.82) is 0 Å². The van der Waals surface area contributed by atoms with E-state index < -0.39 is 0 Å². The fourth-order valence-electron chi connectivity index (χ4n) is 2.77. The Kier molecular flexibility index (Phi) is 2.04. The number of hydrogen-bond donors (Lipinski definition) is 1. The third-order valence-corrected chi connectivity index (χ3v) is 3.75. The van der Waals surface area contributed by atoms with Gasteiger partial charge in [-0.3, -0.25) is 4.90 Å². The van der Waals surface area contributed by atoms with Gasteiger partial charge in [-0.25, -0.2) is 0 Å². The Morgan fingerprint density at radius 3 is 2.38 bits per heavy atom. The Morgan fingerprint density at radius 2 is 1.85 bits per heavy atom. The molecule has 3 aliphatic rings. The van der Waals surface area contributed by atoms with Crippen molar-refractivity contribution in [2.75, 3.05) is 26.3 Å². The van der Waals surface area contributed by atoms with Crippen molar-refractivity contribution in [2.24, 2.45) is 0 Å². The van der Waals surface area contributed by atoms with Crippen LogP contribution in [0.25, 0.3) is 0 Å². The monoisotopic (exact) mass is 182 g/mol. The number of rotatable bonds is 2. The van der Waals surface area contributed by atoms with Crippen molar-refractivity contribution in [3.63, 3.8) is 0 Å². The van der Waals surface area contributed by atoms with Crippen LogP contribution in [0.4, 0.5) is 0 Å². The van der Waals surface area contributed by atoms with E-state index in [4.69, 9.17) is 4.74 Å². The molecular formula is C10H18N2O. The van der Waals surface area contributed by atoms with Crippen LogP contribution in [0, 0.1) is 0 Å². The molecule has 74 valence electrons. The maximum absolute atomic E-state index is 5.56. The molecule has 3 saturated heterocycles. The van der Waals surface area contributed by atoms with Crippen molar-refractivity contribution < 1.29 is 4.74 Å². The molecule has 0 saturated carbocycles.